The van der Waals surface area contributed by atoms with Gasteiger partial charge in [0.05, 0.1) is 12.5 Å². The maximum atomic E-state index is 14.2. The summed E-state index contributed by atoms with van der Waals surface area (Å²) in [5.74, 6) is -10.3. The number of benzene rings is 1. The van der Waals surface area contributed by atoms with Crippen molar-refractivity contribution in [2.45, 2.75) is 114 Å². The minimum Gasteiger partial charge on any atom is -0.481 e. The fraction of sp³-hybridized carbons (Fsp3) is 0.537. The normalized spacial score (nSPS) is 14.1. The van der Waals surface area contributed by atoms with E-state index < -0.39 is 115 Å². The first-order valence-electron chi connectivity index (χ1n) is 21.6. The Balaban J connectivity index is 2.41. The number of nitrogens with one attached hydrogen (secondary N) is 7. The number of nitrogens with two attached hydrogens (primary N) is 6. The summed E-state index contributed by atoms with van der Waals surface area (Å²) < 4.78 is 0. The van der Waals surface area contributed by atoms with E-state index >= 15 is 0 Å². The number of rotatable bonds is 31. The quantitative estimate of drug-likeness (QED) is 0.0148. The van der Waals surface area contributed by atoms with Crippen LogP contribution >= 0.6 is 12.6 Å². The molecule has 68 heavy (non-hydrogen) atoms. The maximum Gasteiger partial charge on any atom is 0.326 e. The van der Waals surface area contributed by atoms with Crippen molar-refractivity contribution in [3.8, 4) is 0 Å². The van der Waals surface area contributed by atoms with Gasteiger partial charge >= 0.3 is 11.9 Å². The van der Waals surface area contributed by atoms with E-state index in [1.807, 2.05) is 0 Å². The number of carbonyl (C=O) groups excluding carboxylic acids is 7. The van der Waals surface area contributed by atoms with E-state index in [2.05, 4.69) is 59.5 Å². The molecule has 7 amide bonds. The molecule has 0 aliphatic carbocycles. The zero-order chi connectivity index (χ0) is 51.1. The van der Waals surface area contributed by atoms with E-state index in [1.54, 1.807) is 44.3 Å². The molecule has 27 heteroatoms. The van der Waals surface area contributed by atoms with Crippen LogP contribution in [0.4, 0.5) is 0 Å². The predicted octanol–water partition coefficient (Wildman–Crippen LogP) is -4.15. The summed E-state index contributed by atoms with van der Waals surface area (Å²) in [7, 11) is 0. The Hall–Kier alpha value is -7.16. The van der Waals surface area contributed by atoms with Crippen molar-refractivity contribution in [3.63, 3.8) is 0 Å². The Bertz CT molecular complexity index is 2140. The van der Waals surface area contributed by atoms with Crippen LogP contribution in [0.3, 0.4) is 0 Å². The van der Waals surface area contributed by atoms with E-state index in [0.717, 1.165) is 0 Å². The molecule has 0 bridgehead atoms. The summed E-state index contributed by atoms with van der Waals surface area (Å²) in [4.78, 5) is 128. The van der Waals surface area contributed by atoms with Gasteiger partial charge < -0.3 is 81.5 Å². The Morgan fingerprint density at radius 2 is 1.15 bits per heavy atom. The van der Waals surface area contributed by atoms with Crippen LogP contribution in [-0.2, 0) is 49.6 Å². The third kappa shape index (κ3) is 20.6. The minimum absolute atomic E-state index is 0.00269. The molecule has 376 valence electrons. The average molecular weight is 976 g/mol. The predicted molar refractivity (Wildman–Crippen MR) is 253 cm³/mol. The molecule has 26 nitrogen and oxygen atoms in total. The third-order valence-corrected chi connectivity index (χ3v) is 10.4. The maximum absolute atomic E-state index is 14.2. The standard InChI is InChI=1S/C41H65N15O11S/c1-20(2)15-27(53-38(65)30(19-68)56-34(61)25(10-6-14-49-41(46)47)51-33(60)23(42)8-5-13-48-40(44)45)35(62)54-28(16-21-18-50-24-9-4-3-7-22(21)24)36(63)55-29(17-32(58)59)37(64)52-26(39(66)67)11-12-31(43)57/h3-4,7,9,18,20,23,25-30,50,68H,5-6,8,10-17,19,42H2,1-2H3,(H2,43,57)(H,51,60)(H,52,64)(H,53,65)(H,54,62)(H,55,63)(H,56,61)(H,58,59)(H,66,67)(H4,44,45,48)(H4,46,47,49)/t23-,25-,26-,27-,28-,29-,30-/m0/s1. The molecule has 2 rings (SSSR count). The lowest BCUT2D eigenvalue weighted by Gasteiger charge is -2.28. The second-order valence-corrected chi connectivity index (χ2v) is 16.6. The van der Waals surface area contributed by atoms with Crippen molar-refractivity contribution in [1.82, 2.24) is 36.9 Å². The largest absolute Gasteiger partial charge is 0.481 e. The highest BCUT2D eigenvalue weighted by molar-refractivity contribution is 7.80. The van der Waals surface area contributed by atoms with E-state index in [0.29, 0.717) is 22.9 Å². The topological polar surface area (TPSA) is 463 Å². The molecule has 0 saturated carbocycles. The zero-order valence-corrected chi connectivity index (χ0v) is 38.8. The van der Waals surface area contributed by atoms with Gasteiger partial charge in [-0.2, -0.15) is 12.6 Å². The molecule has 0 aliphatic rings. The van der Waals surface area contributed by atoms with Crippen molar-refractivity contribution in [2.75, 3.05) is 18.8 Å². The lowest BCUT2D eigenvalue weighted by molar-refractivity contribution is -0.144. The van der Waals surface area contributed by atoms with Gasteiger partial charge in [0.1, 0.15) is 36.3 Å². The summed E-state index contributed by atoms with van der Waals surface area (Å²) >= 11 is 4.26. The molecule has 2 aromatic rings. The molecule has 0 saturated heterocycles. The van der Waals surface area contributed by atoms with Crippen LogP contribution in [0.2, 0.25) is 0 Å². The van der Waals surface area contributed by atoms with Gasteiger partial charge in [-0.3, -0.25) is 48.3 Å². The van der Waals surface area contributed by atoms with Crippen LogP contribution in [0.1, 0.15) is 70.8 Å². The number of aromatic nitrogens is 1. The SMILES string of the molecule is CC(C)C[C@H](NC(=O)[C@H](CS)NC(=O)[C@H](CCCN=C(N)N)NC(=O)[C@@H](N)CCCN=C(N)N)C(=O)N[C@@H](Cc1c[nH]c2ccccc12)C(=O)N[C@@H](CC(=O)O)C(=O)N[C@@H](CCC(N)=O)C(=O)O. The Morgan fingerprint density at radius 3 is 1.72 bits per heavy atom. The fourth-order valence-corrected chi connectivity index (χ4v) is 6.87. The first-order chi connectivity index (χ1) is 32.0. The summed E-state index contributed by atoms with van der Waals surface area (Å²) in [6.45, 7) is 3.82. The summed E-state index contributed by atoms with van der Waals surface area (Å²) in [6, 6.07) is -3.09. The molecule has 0 aliphatic heterocycles. The van der Waals surface area contributed by atoms with Gasteiger partial charge in [0, 0.05) is 48.8 Å². The number of aliphatic carboxylic acids is 2. The van der Waals surface area contributed by atoms with Gasteiger partial charge in [-0.15, -0.1) is 0 Å². The molecule has 1 aromatic heterocycles. The second kappa shape index (κ2) is 28.8. The molecular formula is C41H65N15O11S. The number of guanidine groups is 2. The van der Waals surface area contributed by atoms with Crippen molar-refractivity contribution >= 4 is 88.7 Å². The second-order valence-electron chi connectivity index (χ2n) is 16.2. The van der Waals surface area contributed by atoms with Gasteiger partial charge in [-0.05, 0) is 56.1 Å². The van der Waals surface area contributed by atoms with Gasteiger partial charge in [-0.25, -0.2) is 4.79 Å². The Labute approximate surface area is 397 Å². The number of fused-ring (bicyclic) bond motifs is 1. The van der Waals surface area contributed by atoms with E-state index in [4.69, 9.17) is 34.4 Å². The molecular weight excluding hydrogens is 911 g/mol. The van der Waals surface area contributed by atoms with Crippen molar-refractivity contribution < 1.29 is 53.4 Å². The number of amides is 7. The fourth-order valence-electron chi connectivity index (χ4n) is 6.62. The molecule has 0 fully saturated rings. The molecule has 7 atom stereocenters. The summed E-state index contributed by atoms with van der Waals surface area (Å²) in [5.41, 5.74) is 33.9. The highest BCUT2D eigenvalue weighted by Crippen LogP contribution is 2.20. The van der Waals surface area contributed by atoms with Crippen LogP contribution in [0, 0.1) is 5.92 Å². The van der Waals surface area contributed by atoms with E-state index in [9.17, 15) is 53.4 Å². The highest BCUT2D eigenvalue weighted by atomic mass is 32.1. The third-order valence-electron chi connectivity index (χ3n) is 10.1. The number of carbonyl (C=O) groups is 9. The number of hydrogen-bond donors (Lipinski definition) is 16. The number of carboxylic acid groups (broad SMARTS) is 2. The Kier molecular flexibility index (Phi) is 24.1. The van der Waals surface area contributed by atoms with Gasteiger partial charge in [0.25, 0.3) is 0 Å². The molecule has 1 heterocycles. The number of aromatic amines is 1. The van der Waals surface area contributed by atoms with Crippen molar-refractivity contribution in [3.05, 3.63) is 36.0 Å². The zero-order valence-electron chi connectivity index (χ0n) is 37.9. The van der Waals surface area contributed by atoms with E-state index in [-0.39, 0.29) is 68.8 Å². The number of primary amides is 1. The van der Waals surface area contributed by atoms with Crippen LogP contribution in [0.25, 0.3) is 10.9 Å². The number of nitrogens with zero attached hydrogens (tertiary/aromatic N) is 2. The van der Waals surface area contributed by atoms with Gasteiger partial charge in [-0.1, -0.05) is 32.0 Å². The van der Waals surface area contributed by atoms with Crippen LogP contribution < -0.4 is 66.3 Å². The molecule has 0 spiro atoms. The van der Waals surface area contributed by atoms with Crippen LogP contribution in [0.5, 0.6) is 0 Å². The van der Waals surface area contributed by atoms with Crippen molar-refractivity contribution in [1.29, 1.82) is 0 Å². The highest BCUT2D eigenvalue weighted by Gasteiger charge is 2.35. The molecule has 1 aromatic carbocycles. The number of carboxylic acids is 2. The lowest BCUT2D eigenvalue weighted by Crippen LogP contribution is -2.60. The smallest absolute Gasteiger partial charge is 0.326 e. The summed E-state index contributed by atoms with van der Waals surface area (Å²) in [6.07, 6.45) is 0.246. The monoisotopic (exact) mass is 975 g/mol. The van der Waals surface area contributed by atoms with E-state index in [1.165, 1.54) is 0 Å². The minimum atomic E-state index is -1.87. The molecule has 21 N–H and O–H groups in total. The number of thiol groups is 1. The van der Waals surface area contributed by atoms with Gasteiger partial charge in [0.15, 0.2) is 11.9 Å². The molecule has 0 unspecified atom stereocenters. The van der Waals surface area contributed by atoms with Gasteiger partial charge in [0.2, 0.25) is 41.4 Å². The number of para-hydroxylation sites is 1. The Morgan fingerprint density at radius 1 is 0.647 bits per heavy atom. The van der Waals surface area contributed by atoms with Crippen molar-refractivity contribution in [2.24, 2.45) is 50.3 Å². The number of H-pyrrole nitrogens is 1. The lowest BCUT2D eigenvalue weighted by atomic mass is 10.00. The average Bonchev–Trinajstić information content (AvgIpc) is 3.67. The van der Waals surface area contributed by atoms with Crippen LogP contribution in [-0.4, -0.2) is 142 Å². The number of hydrogen-bond acceptors (Lipinski definition) is 13. The van der Waals surface area contributed by atoms with Crippen LogP contribution in [0.15, 0.2) is 40.4 Å². The molecule has 0 radical (unpaired) electrons. The first kappa shape index (κ1) is 57.0. The summed E-state index contributed by atoms with van der Waals surface area (Å²) in [5, 5.41) is 34.7. The first-order valence-corrected chi connectivity index (χ1v) is 22.2. The number of aliphatic imine (C=N–C) groups is 2.